The van der Waals surface area contributed by atoms with Gasteiger partial charge in [0.2, 0.25) is 5.12 Å². The minimum atomic E-state index is -0.130. The lowest BCUT2D eigenvalue weighted by atomic mass is 10.1. The summed E-state index contributed by atoms with van der Waals surface area (Å²) >= 11 is 2.72. The first kappa shape index (κ1) is 15.8. The van der Waals surface area contributed by atoms with Gasteiger partial charge in [-0.3, -0.25) is 9.59 Å². The topological polar surface area (TPSA) is 72.2 Å². The lowest BCUT2D eigenvalue weighted by Crippen LogP contribution is -2.28. The number of thioether (sulfide) groups is 1. The van der Waals surface area contributed by atoms with Crippen molar-refractivity contribution in [2.45, 2.75) is 5.75 Å². The molecule has 1 amide bonds. The zero-order chi connectivity index (χ0) is 15.1. The van der Waals surface area contributed by atoms with E-state index in [-0.39, 0.29) is 11.0 Å². The van der Waals surface area contributed by atoms with E-state index in [0.29, 0.717) is 24.4 Å². The Kier molecular flexibility index (Phi) is 5.98. The molecule has 0 atom stereocenters. The molecule has 1 aromatic carbocycles. The normalized spacial score (nSPS) is 10.3. The average Bonchev–Trinajstić information content (AvgIpc) is 3.05. The Balaban J connectivity index is 1.87. The van der Waals surface area contributed by atoms with E-state index >= 15 is 0 Å². The van der Waals surface area contributed by atoms with Gasteiger partial charge in [-0.25, -0.2) is 0 Å². The molecule has 1 aromatic heterocycles. The molecule has 0 bridgehead atoms. The predicted molar refractivity (Wildman–Crippen MR) is 87.8 cm³/mol. The minimum Gasteiger partial charge on any atom is -0.351 e. The van der Waals surface area contributed by atoms with Crippen molar-refractivity contribution in [3.05, 3.63) is 57.8 Å². The Bertz CT molecular complexity index is 595. The first-order valence-electron chi connectivity index (χ1n) is 6.48. The number of benzene rings is 1. The van der Waals surface area contributed by atoms with Gasteiger partial charge in [0.15, 0.2) is 0 Å². The van der Waals surface area contributed by atoms with Crippen LogP contribution < -0.4 is 11.1 Å². The van der Waals surface area contributed by atoms with Crippen LogP contribution in [0.15, 0.2) is 41.8 Å². The van der Waals surface area contributed by atoms with Gasteiger partial charge in [-0.1, -0.05) is 30.0 Å². The molecular formula is C15H16N2O2S2. The third-order valence-corrected chi connectivity index (χ3v) is 4.70. The van der Waals surface area contributed by atoms with Gasteiger partial charge in [-0.2, -0.15) is 0 Å². The lowest BCUT2D eigenvalue weighted by molar-refractivity contribution is 0.0954. The monoisotopic (exact) mass is 320 g/mol. The van der Waals surface area contributed by atoms with E-state index in [1.165, 1.54) is 23.1 Å². The number of amides is 1. The minimum absolute atomic E-state index is 0.0785. The highest BCUT2D eigenvalue weighted by Gasteiger charge is 2.08. The second kappa shape index (κ2) is 7.97. The van der Waals surface area contributed by atoms with Crippen molar-refractivity contribution < 1.29 is 9.59 Å². The zero-order valence-corrected chi connectivity index (χ0v) is 13.0. The molecule has 4 nitrogen and oxygen atoms in total. The van der Waals surface area contributed by atoms with Crippen LogP contribution in [0.4, 0.5) is 0 Å². The highest BCUT2D eigenvalue weighted by atomic mass is 32.2. The van der Waals surface area contributed by atoms with Gasteiger partial charge in [-0.05, 0) is 29.1 Å². The molecule has 0 spiro atoms. The zero-order valence-electron chi connectivity index (χ0n) is 11.4. The number of thiophene rings is 1. The van der Waals surface area contributed by atoms with Gasteiger partial charge in [0.05, 0.1) is 4.88 Å². The number of hydrogen-bond acceptors (Lipinski definition) is 5. The molecule has 0 aliphatic carbocycles. The Hall–Kier alpha value is -1.63. The Morgan fingerprint density at radius 3 is 2.57 bits per heavy atom. The molecular weight excluding hydrogens is 304 g/mol. The summed E-state index contributed by atoms with van der Waals surface area (Å²) in [5.41, 5.74) is 6.95. The standard InChI is InChI=1S/C15H16N2O2S2/c16-7-8-17-14(18)12-5-3-11(4-6-12)10-21-15(19)13-2-1-9-20-13/h1-6,9H,7-8,10,16H2,(H,17,18). The molecule has 0 saturated carbocycles. The van der Waals surface area contributed by atoms with Crippen LogP contribution >= 0.6 is 23.1 Å². The van der Waals surface area contributed by atoms with E-state index in [9.17, 15) is 9.59 Å². The largest absolute Gasteiger partial charge is 0.351 e. The molecule has 1 heterocycles. The maximum absolute atomic E-state index is 11.9. The van der Waals surface area contributed by atoms with Crippen molar-refractivity contribution >= 4 is 34.1 Å². The number of carbonyl (C=O) groups is 2. The SMILES string of the molecule is NCCNC(=O)c1ccc(CSC(=O)c2cccs2)cc1. The van der Waals surface area contributed by atoms with E-state index in [4.69, 9.17) is 5.73 Å². The van der Waals surface area contributed by atoms with E-state index in [1.54, 1.807) is 12.1 Å². The molecule has 0 radical (unpaired) electrons. The molecule has 6 heteroatoms. The van der Waals surface area contributed by atoms with Crippen molar-refractivity contribution in [1.29, 1.82) is 0 Å². The van der Waals surface area contributed by atoms with E-state index < -0.39 is 0 Å². The number of nitrogens with one attached hydrogen (secondary N) is 1. The number of nitrogens with two attached hydrogens (primary N) is 1. The van der Waals surface area contributed by atoms with Crippen LogP contribution in [-0.2, 0) is 5.75 Å². The quantitative estimate of drug-likeness (QED) is 0.858. The first-order chi connectivity index (χ1) is 10.2. The van der Waals surface area contributed by atoms with Crippen molar-refractivity contribution in [2.24, 2.45) is 5.73 Å². The third-order valence-electron chi connectivity index (χ3n) is 2.74. The molecule has 110 valence electrons. The number of rotatable bonds is 6. The van der Waals surface area contributed by atoms with Crippen LogP contribution in [0.25, 0.3) is 0 Å². The molecule has 0 saturated heterocycles. The van der Waals surface area contributed by atoms with Crippen LogP contribution in [-0.4, -0.2) is 24.1 Å². The van der Waals surface area contributed by atoms with Gasteiger partial charge >= 0.3 is 0 Å². The fraction of sp³-hybridized carbons (Fsp3) is 0.200. The molecule has 21 heavy (non-hydrogen) atoms. The van der Waals surface area contributed by atoms with Gasteiger partial charge in [-0.15, -0.1) is 11.3 Å². The van der Waals surface area contributed by atoms with Crippen molar-refractivity contribution in [2.75, 3.05) is 13.1 Å². The second-order valence-electron chi connectivity index (χ2n) is 4.29. The van der Waals surface area contributed by atoms with Gasteiger partial charge in [0.1, 0.15) is 0 Å². The molecule has 0 aliphatic rings. The Labute approximate surface area is 131 Å². The van der Waals surface area contributed by atoms with Crippen LogP contribution in [0.2, 0.25) is 0 Å². The van der Waals surface area contributed by atoms with Crippen LogP contribution in [0, 0.1) is 0 Å². The highest BCUT2D eigenvalue weighted by molar-refractivity contribution is 8.13. The Morgan fingerprint density at radius 1 is 1.19 bits per heavy atom. The Morgan fingerprint density at radius 2 is 1.95 bits per heavy atom. The fourth-order valence-corrected chi connectivity index (χ4v) is 3.23. The molecule has 2 aromatic rings. The van der Waals surface area contributed by atoms with Crippen molar-refractivity contribution in [3.63, 3.8) is 0 Å². The summed E-state index contributed by atoms with van der Waals surface area (Å²) in [5, 5.41) is 4.68. The second-order valence-corrected chi connectivity index (χ2v) is 6.19. The summed E-state index contributed by atoms with van der Waals surface area (Å²) in [6.07, 6.45) is 0. The maximum Gasteiger partial charge on any atom is 0.251 e. The van der Waals surface area contributed by atoms with Gasteiger partial charge in [0.25, 0.3) is 5.91 Å². The van der Waals surface area contributed by atoms with E-state index in [0.717, 1.165) is 10.4 Å². The highest BCUT2D eigenvalue weighted by Crippen LogP contribution is 2.21. The van der Waals surface area contributed by atoms with Crippen LogP contribution in [0.1, 0.15) is 25.6 Å². The van der Waals surface area contributed by atoms with E-state index in [2.05, 4.69) is 5.32 Å². The lowest BCUT2D eigenvalue weighted by Gasteiger charge is -2.05. The molecule has 0 unspecified atom stereocenters. The molecule has 3 N–H and O–H groups in total. The summed E-state index contributed by atoms with van der Waals surface area (Å²) in [7, 11) is 0. The summed E-state index contributed by atoms with van der Waals surface area (Å²) in [4.78, 5) is 24.3. The smallest absolute Gasteiger partial charge is 0.251 e. The van der Waals surface area contributed by atoms with Gasteiger partial charge < -0.3 is 11.1 Å². The van der Waals surface area contributed by atoms with Crippen LogP contribution in [0.5, 0.6) is 0 Å². The first-order valence-corrected chi connectivity index (χ1v) is 8.35. The van der Waals surface area contributed by atoms with Gasteiger partial charge in [0, 0.05) is 24.4 Å². The third kappa shape index (κ3) is 4.70. The number of hydrogen-bond donors (Lipinski definition) is 2. The van der Waals surface area contributed by atoms with Crippen molar-refractivity contribution in [1.82, 2.24) is 5.32 Å². The van der Waals surface area contributed by atoms with E-state index in [1.807, 2.05) is 29.6 Å². The maximum atomic E-state index is 11.9. The van der Waals surface area contributed by atoms with Crippen LogP contribution in [0.3, 0.4) is 0 Å². The average molecular weight is 320 g/mol. The summed E-state index contributed by atoms with van der Waals surface area (Å²) in [5.74, 6) is 0.468. The predicted octanol–water partition coefficient (Wildman–Crippen LogP) is 2.51. The number of carbonyl (C=O) groups excluding carboxylic acids is 2. The molecule has 2 rings (SSSR count). The summed E-state index contributed by atoms with van der Waals surface area (Å²) in [6.45, 7) is 0.886. The summed E-state index contributed by atoms with van der Waals surface area (Å²) < 4.78 is 0. The molecule has 0 fully saturated rings. The molecule has 0 aliphatic heterocycles. The van der Waals surface area contributed by atoms with Crippen molar-refractivity contribution in [3.8, 4) is 0 Å². The fourth-order valence-electron chi connectivity index (χ4n) is 1.65. The summed E-state index contributed by atoms with van der Waals surface area (Å²) in [6, 6.07) is 10.9.